The Kier molecular flexibility index (Phi) is 8.41. The summed E-state index contributed by atoms with van der Waals surface area (Å²) in [6, 6.07) is 6.18. The summed E-state index contributed by atoms with van der Waals surface area (Å²) in [5.74, 6) is 11.5. The standard InChI is InChI=1S/C18H21NO2/c1-2-3-4-5-6-7-8-9-10-11-12-17-13-15-18(16-14-17)19(20)21/h13-16H,2-8H2,1H3. The molecule has 3 nitrogen and oxygen atoms in total. The Morgan fingerprint density at radius 2 is 1.67 bits per heavy atom. The Labute approximate surface area is 126 Å². The maximum Gasteiger partial charge on any atom is 0.269 e. The molecule has 1 aromatic rings. The molecule has 0 fully saturated rings. The molecule has 1 aromatic carbocycles. The first-order valence-electron chi connectivity index (χ1n) is 7.47. The van der Waals surface area contributed by atoms with Gasteiger partial charge in [0.2, 0.25) is 0 Å². The van der Waals surface area contributed by atoms with Crippen LogP contribution >= 0.6 is 0 Å². The monoisotopic (exact) mass is 283 g/mol. The highest BCUT2D eigenvalue weighted by Crippen LogP contribution is 2.10. The summed E-state index contributed by atoms with van der Waals surface area (Å²) in [6.45, 7) is 2.22. The van der Waals surface area contributed by atoms with Crippen LogP contribution in [-0.2, 0) is 0 Å². The second-order valence-corrected chi connectivity index (χ2v) is 4.87. The fourth-order valence-corrected chi connectivity index (χ4v) is 1.87. The number of benzene rings is 1. The summed E-state index contributed by atoms with van der Waals surface area (Å²) in [6.07, 6.45) is 8.49. The van der Waals surface area contributed by atoms with Gasteiger partial charge in [-0.25, -0.2) is 0 Å². The first-order chi connectivity index (χ1) is 10.2. The van der Waals surface area contributed by atoms with Gasteiger partial charge < -0.3 is 0 Å². The number of nitro groups is 1. The molecule has 0 spiro atoms. The molecule has 1 rings (SSSR count). The smallest absolute Gasteiger partial charge is 0.258 e. The van der Waals surface area contributed by atoms with Crippen molar-refractivity contribution in [1.29, 1.82) is 0 Å². The summed E-state index contributed by atoms with van der Waals surface area (Å²) >= 11 is 0. The largest absolute Gasteiger partial charge is 0.269 e. The second-order valence-electron chi connectivity index (χ2n) is 4.87. The van der Waals surface area contributed by atoms with Crippen LogP contribution in [0.1, 0.15) is 57.4 Å². The van der Waals surface area contributed by atoms with Crippen molar-refractivity contribution in [3.63, 3.8) is 0 Å². The van der Waals surface area contributed by atoms with Crippen LogP contribution in [0.2, 0.25) is 0 Å². The van der Waals surface area contributed by atoms with Crippen molar-refractivity contribution in [2.75, 3.05) is 0 Å². The van der Waals surface area contributed by atoms with Gasteiger partial charge in [-0.15, -0.1) is 0 Å². The highest BCUT2D eigenvalue weighted by atomic mass is 16.6. The molecule has 0 unspecified atom stereocenters. The highest BCUT2D eigenvalue weighted by molar-refractivity contribution is 5.43. The van der Waals surface area contributed by atoms with Gasteiger partial charge in [0, 0.05) is 24.1 Å². The van der Waals surface area contributed by atoms with Crippen molar-refractivity contribution >= 4 is 5.69 Å². The first kappa shape index (κ1) is 16.8. The summed E-state index contributed by atoms with van der Waals surface area (Å²) in [7, 11) is 0. The molecule has 0 aromatic heterocycles. The molecule has 0 aliphatic heterocycles. The summed E-state index contributed by atoms with van der Waals surface area (Å²) < 4.78 is 0. The lowest BCUT2D eigenvalue weighted by atomic mass is 10.1. The number of nitrogens with zero attached hydrogens (tertiary/aromatic N) is 1. The van der Waals surface area contributed by atoms with Crippen molar-refractivity contribution in [2.45, 2.75) is 51.9 Å². The van der Waals surface area contributed by atoms with Crippen LogP contribution in [0.3, 0.4) is 0 Å². The quantitative estimate of drug-likeness (QED) is 0.315. The van der Waals surface area contributed by atoms with E-state index < -0.39 is 4.92 Å². The van der Waals surface area contributed by atoms with Crippen molar-refractivity contribution in [3.8, 4) is 23.7 Å². The van der Waals surface area contributed by atoms with Gasteiger partial charge in [-0.05, 0) is 30.4 Å². The molecule has 0 aliphatic carbocycles. The predicted octanol–water partition coefficient (Wildman–Crippen LogP) is 4.70. The van der Waals surface area contributed by atoms with Gasteiger partial charge in [-0.2, -0.15) is 0 Å². The maximum absolute atomic E-state index is 10.5. The average Bonchev–Trinajstić information content (AvgIpc) is 2.49. The van der Waals surface area contributed by atoms with Crippen LogP contribution in [0.15, 0.2) is 24.3 Å². The van der Waals surface area contributed by atoms with E-state index in [2.05, 4.69) is 30.6 Å². The van der Waals surface area contributed by atoms with E-state index in [0.717, 1.165) is 18.4 Å². The minimum absolute atomic E-state index is 0.0784. The highest BCUT2D eigenvalue weighted by Gasteiger charge is 2.01. The zero-order valence-corrected chi connectivity index (χ0v) is 12.5. The minimum atomic E-state index is -0.419. The third-order valence-corrected chi connectivity index (χ3v) is 3.09. The van der Waals surface area contributed by atoms with Gasteiger partial charge >= 0.3 is 0 Å². The molecule has 0 bridgehead atoms. The molecular weight excluding hydrogens is 262 g/mol. The first-order valence-corrected chi connectivity index (χ1v) is 7.47. The van der Waals surface area contributed by atoms with E-state index in [1.165, 1.54) is 44.2 Å². The van der Waals surface area contributed by atoms with Crippen molar-refractivity contribution in [3.05, 3.63) is 39.9 Å². The molecule has 0 N–H and O–H groups in total. The van der Waals surface area contributed by atoms with E-state index in [4.69, 9.17) is 0 Å². The minimum Gasteiger partial charge on any atom is -0.258 e. The third-order valence-electron chi connectivity index (χ3n) is 3.09. The third kappa shape index (κ3) is 7.80. The van der Waals surface area contributed by atoms with Crippen molar-refractivity contribution in [2.24, 2.45) is 0 Å². The predicted molar refractivity (Wildman–Crippen MR) is 85.7 cm³/mol. The van der Waals surface area contributed by atoms with E-state index >= 15 is 0 Å². The van der Waals surface area contributed by atoms with Crippen LogP contribution in [0.25, 0.3) is 0 Å². The van der Waals surface area contributed by atoms with Gasteiger partial charge in [0.15, 0.2) is 0 Å². The van der Waals surface area contributed by atoms with Crippen LogP contribution in [-0.4, -0.2) is 4.92 Å². The summed E-state index contributed by atoms with van der Waals surface area (Å²) in [5.41, 5.74) is 0.823. The van der Waals surface area contributed by atoms with Crippen LogP contribution < -0.4 is 0 Å². The summed E-state index contributed by atoms with van der Waals surface area (Å²) in [5, 5.41) is 10.5. The number of hydrogen-bond acceptors (Lipinski definition) is 2. The van der Waals surface area contributed by atoms with Crippen molar-refractivity contribution in [1.82, 2.24) is 0 Å². The van der Waals surface area contributed by atoms with Crippen LogP contribution in [0, 0.1) is 33.8 Å². The topological polar surface area (TPSA) is 43.1 Å². The normalized spacial score (nSPS) is 9.19. The maximum atomic E-state index is 10.5. The van der Waals surface area contributed by atoms with Gasteiger partial charge in [0.05, 0.1) is 4.92 Å². The molecule has 0 radical (unpaired) electrons. The fourth-order valence-electron chi connectivity index (χ4n) is 1.87. The number of hydrogen-bond donors (Lipinski definition) is 0. The lowest BCUT2D eigenvalue weighted by Crippen LogP contribution is -1.86. The molecule has 0 amide bonds. The van der Waals surface area contributed by atoms with Gasteiger partial charge in [0.1, 0.15) is 0 Å². The second kappa shape index (κ2) is 10.5. The summed E-state index contributed by atoms with van der Waals surface area (Å²) in [4.78, 5) is 10.1. The SMILES string of the molecule is CCCCCCCCC#CC#Cc1ccc([N+](=O)[O-])cc1. The Hall–Kier alpha value is -2.26. The van der Waals surface area contributed by atoms with E-state index in [0.29, 0.717) is 0 Å². The molecular formula is C18H21NO2. The number of non-ortho nitro benzene ring substituents is 1. The van der Waals surface area contributed by atoms with Gasteiger partial charge in [-0.3, -0.25) is 10.1 Å². The van der Waals surface area contributed by atoms with E-state index in [9.17, 15) is 10.1 Å². The average molecular weight is 283 g/mol. The van der Waals surface area contributed by atoms with Crippen molar-refractivity contribution < 1.29 is 4.92 Å². The number of rotatable bonds is 7. The zero-order chi connectivity index (χ0) is 15.3. The molecule has 110 valence electrons. The number of nitro benzene ring substituents is 1. The lowest BCUT2D eigenvalue weighted by Gasteiger charge is -1.96. The molecule has 3 heteroatoms. The lowest BCUT2D eigenvalue weighted by molar-refractivity contribution is -0.384. The number of unbranched alkanes of at least 4 members (excludes halogenated alkanes) is 6. The van der Waals surface area contributed by atoms with E-state index in [1.807, 2.05) is 0 Å². The molecule has 0 aliphatic rings. The van der Waals surface area contributed by atoms with Crippen LogP contribution in [0.4, 0.5) is 5.69 Å². The molecule has 0 atom stereocenters. The van der Waals surface area contributed by atoms with Gasteiger partial charge in [0.25, 0.3) is 5.69 Å². The van der Waals surface area contributed by atoms with Gasteiger partial charge in [-0.1, -0.05) is 50.9 Å². The Bertz CT molecular complexity index is 553. The van der Waals surface area contributed by atoms with Crippen LogP contribution in [0.5, 0.6) is 0 Å². The Morgan fingerprint density at radius 3 is 2.33 bits per heavy atom. The molecule has 0 saturated heterocycles. The van der Waals surface area contributed by atoms with E-state index in [1.54, 1.807) is 12.1 Å². The fraction of sp³-hybridized carbons (Fsp3) is 0.444. The molecule has 21 heavy (non-hydrogen) atoms. The zero-order valence-electron chi connectivity index (χ0n) is 12.5. The molecule has 0 heterocycles. The van der Waals surface area contributed by atoms with E-state index in [-0.39, 0.29) is 5.69 Å². The Morgan fingerprint density at radius 1 is 1.00 bits per heavy atom. The Balaban J connectivity index is 2.26. The molecule has 0 saturated carbocycles.